The second kappa shape index (κ2) is 7.89. The molecule has 7 nitrogen and oxygen atoms in total. The summed E-state index contributed by atoms with van der Waals surface area (Å²) in [5.74, 6) is 1.34. The first-order valence-corrected chi connectivity index (χ1v) is 8.81. The number of aryl methyl sites for hydroxylation is 1. The third-order valence-corrected chi connectivity index (χ3v) is 4.64. The highest BCUT2D eigenvalue weighted by molar-refractivity contribution is 7.89. The molecule has 0 aliphatic carbocycles. The van der Waals surface area contributed by atoms with Gasteiger partial charge in [0, 0.05) is 5.56 Å². The van der Waals surface area contributed by atoms with Crippen LogP contribution in [0.25, 0.3) is 0 Å². The Morgan fingerprint density at radius 2 is 1.52 bits per heavy atom. The summed E-state index contributed by atoms with van der Waals surface area (Å²) in [6.07, 6.45) is 1.36. The van der Waals surface area contributed by atoms with E-state index in [1.54, 1.807) is 24.3 Å². The molecule has 0 aliphatic heterocycles. The Bertz CT molecular complexity index is 836. The number of nitrogens with one attached hydrogen (secondary N) is 1. The van der Waals surface area contributed by atoms with Crippen molar-refractivity contribution in [1.29, 1.82) is 0 Å². The highest BCUT2D eigenvalue weighted by atomic mass is 32.2. The summed E-state index contributed by atoms with van der Waals surface area (Å²) in [5.41, 5.74) is 1.56. The maximum atomic E-state index is 12.2. The molecular weight excluding hydrogens is 344 g/mol. The van der Waals surface area contributed by atoms with E-state index in [1.165, 1.54) is 39.7 Å². The zero-order chi connectivity index (χ0) is 18.4. The predicted octanol–water partition coefficient (Wildman–Crippen LogP) is 2.33. The molecule has 0 spiro atoms. The van der Waals surface area contributed by atoms with Crippen molar-refractivity contribution in [3.8, 4) is 17.2 Å². The van der Waals surface area contributed by atoms with Crippen molar-refractivity contribution in [2.45, 2.75) is 11.8 Å². The van der Waals surface area contributed by atoms with Crippen LogP contribution in [0.15, 0.2) is 46.4 Å². The van der Waals surface area contributed by atoms with Gasteiger partial charge in [0.05, 0.1) is 32.4 Å². The number of hydrazone groups is 1. The van der Waals surface area contributed by atoms with Crippen LogP contribution in [-0.2, 0) is 10.0 Å². The Kier molecular flexibility index (Phi) is 5.87. The lowest BCUT2D eigenvalue weighted by molar-refractivity contribution is 0.324. The molecule has 0 atom stereocenters. The summed E-state index contributed by atoms with van der Waals surface area (Å²) < 4.78 is 40.1. The Morgan fingerprint density at radius 3 is 2.00 bits per heavy atom. The SMILES string of the molecule is COc1cc(/C=N/NS(=O)(=O)c2ccc(C)cc2)cc(OC)c1OC. The normalized spacial score (nSPS) is 11.4. The number of methoxy groups -OCH3 is 3. The number of nitrogens with zero attached hydrogens (tertiary/aromatic N) is 1. The van der Waals surface area contributed by atoms with Gasteiger partial charge < -0.3 is 14.2 Å². The lowest BCUT2D eigenvalue weighted by Gasteiger charge is -2.12. The number of hydrogen-bond donors (Lipinski definition) is 1. The molecule has 2 aromatic rings. The fourth-order valence-electron chi connectivity index (χ4n) is 2.12. The van der Waals surface area contributed by atoms with Crippen molar-refractivity contribution in [2.24, 2.45) is 5.10 Å². The third-order valence-electron chi connectivity index (χ3n) is 3.40. The minimum Gasteiger partial charge on any atom is -0.493 e. The fraction of sp³-hybridized carbons (Fsp3) is 0.235. The van der Waals surface area contributed by atoms with E-state index in [2.05, 4.69) is 9.93 Å². The van der Waals surface area contributed by atoms with Crippen LogP contribution in [0.2, 0.25) is 0 Å². The average Bonchev–Trinajstić information content (AvgIpc) is 2.61. The van der Waals surface area contributed by atoms with Crippen LogP contribution in [0.4, 0.5) is 0 Å². The number of hydrogen-bond acceptors (Lipinski definition) is 6. The van der Waals surface area contributed by atoms with Crippen molar-refractivity contribution in [2.75, 3.05) is 21.3 Å². The van der Waals surface area contributed by atoms with Gasteiger partial charge in [-0.25, -0.2) is 4.83 Å². The predicted molar refractivity (Wildman–Crippen MR) is 95.2 cm³/mol. The smallest absolute Gasteiger partial charge is 0.276 e. The van der Waals surface area contributed by atoms with E-state index in [9.17, 15) is 8.42 Å². The molecule has 0 heterocycles. The molecule has 0 radical (unpaired) electrons. The summed E-state index contributed by atoms with van der Waals surface area (Å²) in [6, 6.07) is 9.80. The van der Waals surface area contributed by atoms with E-state index in [0.717, 1.165) is 5.56 Å². The van der Waals surface area contributed by atoms with Gasteiger partial charge in [0.2, 0.25) is 5.75 Å². The summed E-state index contributed by atoms with van der Waals surface area (Å²) in [5, 5.41) is 3.80. The molecule has 0 amide bonds. The number of benzene rings is 2. The lowest BCUT2D eigenvalue weighted by atomic mass is 10.2. The van der Waals surface area contributed by atoms with Crippen LogP contribution < -0.4 is 19.0 Å². The minimum atomic E-state index is -3.73. The van der Waals surface area contributed by atoms with Gasteiger partial charge in [-0.3, -0.25) is 0 Å². The van der Waals surface area contributed by atoms with Crippen LogP contribution in [-0.4, -0.2) is 36.0 Å². The van der Waals surface area contributed by atoms with Gasteiger partial charge >= 0.3 is 0 Å². The van der Waals surface area contributed by atoms with Gasteiger partial charge in [-0.05, 0) is 31.2 Å². The molecule has 2 rings (SSSR count). The van der Waals surface area contributed by atoms with Crippen LogP contribution in [0.3, 0.4) is 0 Å². The monoisotopic (exact) mass is 364 g/mol. The maximum absolute atomic E-state index is 12.2. The zero-order valence-electron chi connectivity index (χ0n) is 14.4. The van der Waals surface area contributed by atoms with Crippen molar-refractivity contribution < 1.29 is 22.6 Å². The molecule has 25 heavy (non-hydrogen) atoms. The molecule has 2 aromatic carbocycles. The van der Waals surface area contributed by atoms with E-state index in [4.69, 9.17) is 14.2 Å². The molecule has 0 bridgehead atoms. The number of sulfonamides is 1. The van der Waals surface area contributed by atoms with Gasteiger partial charge in [0.25, 0.3) is 10.0 Å². The quantitative estimate of drug-likeness (QED) is 0.602. The van der Waals surface area contributed by atoms with Gasteiger partial charge in [0.15, 0.2) is 11.5 Å². The largest absolute Gasteiger partial charge is 0.493 e. The highest BCUT2D eigenvalue weighted by Crippen LogP contribution is 2.37. The lowest BCUT2D eigenvalue weighted by Crippen LogP contribution is -2.18. The van der Waals surface area contributed by atoms with Gasteiger partial charge in [0.1, 0.15) is 0 Å². The summed E-state index contributed by atoms with van der Waals surface area (Å²) in [4.78, 5) is 2.31. The summed E-state index contributed by atoms with van der Waals surface area (Å²) >= 11 is 0. The van der Waals surface area contributed by atoms with Crippen LogP contribution >= 0.6 is 0 Å². The Morgan fingerprint density at radius 1 is 0.960 bits per heavy atom. The van der Waals surface area contributed by atoms with Crippen molar-refractivity contribution in [3.63, 3.8) is 0 Å². The Balaban J connectivity index is 2.23. The zero-order valence-corrected chi connectivity index (χ0v) is 15.3. The first-order chi connectivity index (χ1) is 11.9. The molecule has 1 N–H and O–H groups in total. The van der Waals surface area contributed by atoms with E-state index in [1.807, 2.05) is 6.92 Å². The molecule has 0 fully saturated rings. The molecule has 0 saturated heterocycles. The van der Waals surface area contributed by atoms with E-state index in [-0.39, 0.29) is 4.90 Å². The number of ether oxygens (including phenoxy) is 3. The molecule has 0 unspecified atom stereocenters. The number of rotatable bonds is 7. The van der Waals surface area contributed by atoms with E-state index < -0.39 is 10.0 Å². The Hall–Kier alpha value is -2.74. The first-order valence-electron chi connectivity index (χ1n) is 7.33. The first kappa shape index (κ1) is 18.6. The second-order valence-electron chi connectivity index (χ2n) is 5.12. The van der Waals surface area contributed by atoms with Crippen molar-refractivity contribution in [3.05, 3.63) is 47.5 Å². The molecule has 0 aromatic heterocycles. The van der Waals surface area contributed by atoms with Gasteiger partial charge in [-0.2, -0.15) is 13.5 Å². The second-order valence-corrected chi connectivity index (χ2v) is 6.79. The van der Waals surface area contributed by atoms with Gasteiger partial charge in [-0.1, -0.05) is 17.7 Å². The third kappa shape index (κ3) is 4.42. The van der Waals surface area contributed by atoms with Crippen LogP contribution in [0, 0.1) is 6.92 Å². The maximum Gasteiger partial charge on any atom is 0.276 e. The van der Waals surface area contributed by atoms with Crippen LogP contribution in [0.5, 0.6) is 17.2 Å². The summed E-state index contributed by atoms with van der Waals surface area (Å²) in [6.45, 7) is 1.88. The Labute approximate surface area is 147 Å². The average molecular weight is 364 g/mol. The molecule has 134 valence electrons. The van der Waals surface area contributed by atoms with Crippen LogP contribution in [0.1, 0.15) is 11.1 Å². The standard InChI is InChI=1S/C17H20N2O5S/c1-12-5-7-14(8-6-12)25(20,21)19-18-11-13-9-15(22-2)17(24-4)16(10-13)23-3/h5-11,19H,1-4H3/b18-11+. The summed E-state index contributed by atoms with van der Waals surface area (Å²) in [7, 11) is 0.774. The fourth-order valence-corrected chi connectivity index (χ4v) is 2.91. The van der Waals surface area contributed by atoms with Crippen molar-refractivity contribution >= 4 is 16.2 Å². The van der Waals surface area contributed by atoms with Crippen molar-refractivity contribution in [1.82, 2.24) is 4.83 Å². The van der Waals surface area contributed by atoms with Gasteiger partial charge in [-0.15, -0.1) is 0 Å². The molecule has 8 heteroatoms. The molecule has 0 aliphatic rings. The molecule has 0 saturated carbocycles. The highest BCUT2D eigenvalue weighted by Gasteiger charge is 2.14. The molecular formula is C17H20N2O5S. The topological polar surface area (TPSA) is 86.2 Å². The van der Waals surface area contributed by atoms with E-state index >= 15 is 0 Å². The minimum absolute atomic E-state index is 0.139. The van der Waals surface area contributed by atoms with E-state index in [0.29, 0.717) is 22.8 Å².